The first kappa shape index (κ1) is 26.2. The number of halogens is 3. The van der Waals surface area contributed by atoms with Crippen molar-refractivity contribution in [3.63, 3.8) is 0 Å². The number of methoxy groups -OCH3 is 1. The maximum Gasteiger partial charge on any atom is 0.534 e. The van der Waals surface area contributed by atoms with Gasteiger partial charge in [0.1, 0.15) is 12.6 Å². The van der Waals surface area contributed by atoms with Gasteiger partial charge in [0.15, 0.2) is 0 Å². The molecule has 0 saturated heterocycles. The lowest BCUT2D eigenvalue weighted by Crippen LogP contribution is -2.37. The summed E-state index contributed by atoms with van der Waals surface area (Å²) in [6.45, 7) is 10.4. The molecule has 2 aliphatic carbocycles. The van der Waals surface area contributed by atoms with Crippen LogP contribution in [0.1, 0.15) is 60.3 Å². The summed E-state index contributed by atoms with van der Waals surface area (Å²) >= 11 is 0. The van der Waals surface area contributed by atoms with E-state index in [-0.39, 0.29) is 41.6 Å². The zero-order valence-corrected chi connectivity index (χ0v) is 20.0. The molecule has 1 saturated carbocycles. The number of hydrogen-bond donors (Lipinski definition) is 0. The second-order valence-electron chi connectivity index (χ2n) is 9.56. The molecule has 0 N–H and O–H groups in total. The predicted octanol–water partition coefficient (Wildman–Crippen LogP) is 5.79. The molecule has 0 unspecified atom stereocenters. The van der Waals surface area contributed by atoms with Crippen molar-refractivity contribution >= 4 is 10.1 Å². The van der Waals surface area contributed by atoms with Gasteiger partial charge in [-0.1, -0.05) is 32.9 Å². The maximum atomic E-state index is 12.8. The number of allylic oxidation sites excluding steroid dienone is 3. The summed E-state index contributed by atoms with van der Waals surface area (Å²) in [7, 11) is -4.08. The van der Waals surface area contributed by atoms with Crippen LogP contribution >= 0.6 is 0 Å². The minimum atomic E-state index is -5.65. The van der Waals surface area contributed by atoms with E-state index in [0.717, 1.165) is 12.8 Å². The van der Waals surface area contributed by atoms with Gasteiger partial charge in [0, 0.05) is 18.9 Å². The van der Waals surface area contributed by atoms with Gasteiger partial charge in [-0.15, -0.1) is 0 Å². The average molecular weight is 469 g/mol. The van der Waals surface area contributed by atoms with Crippen LogP contribution < -0.4 is 0 Å². The van der Waals surface area contributed by atoms with Gasteiger partial charge in [0.05, 0.1) is 5.60 Å². The number of fused-ring (bicyclic) bond motifs is 1. The molecule has 5 atom stereocenters. The topological polar surface area (TPSA) is 61.8 Å². The van der Waals surface area contributed by atoms with Crippen LogP contribution in [0.25, 0.3) is 0 Å². The van der Waals surface area contributed by atoms with Crippen LogP contribution in [-0.4, -0.2) is 33.4 Å². The third kappa shape index (κ3) is 5.66. The van der Waals surface area contributed by atoms with E-state index in [9.17, 15) is 21.6 Å². The molecule has 180 valence electrons. The third-order valence-electron chi connectivity index (χ3n) is 7.25. The molecule has 1 fully saturated rings. The highest BCUT2D eigenvalue weighted by Crippen LogP contribution is 2.58. The summed E-state index contributed by atoms with van der Waals surface area (Å²) in [5.74, 6) is 0.127. The van der Waals surface area contributed by atoms with E-state index < -0.39 is 21.2 Å². The zero-order chi connectivity index (χ0) is 23.7. The second kappa shape index (κ2) is 9.43. The Morgan fingerprint density at radius 2 is 1.87 bits per heavy atom. The summed E-state index contributed by atoms with van der Waals surface area (Å²) in [4.78, 5) is 0. The molecule has 0 amide bonds. The van der Waals surface area contributed by atoms with Gasteiger partial charge in [0.25, 0.3) is 0 Å². The molecule has 0 bridgehead atoms. The molecule has 31 heavy (non-hydrogen) atoms. The summed E-state index contributed by atoms with van der Waals surface area (Å²) in [6.07, 6.45) is 8.46. The smallest absolute Gasteiger partial charge is 0.381 e. The molecule has 0 radical (unpaired) electrons. The molecule has 2 aliphatic rings. The van der Waals surface area contributed by atoms with Gasteiger partial charge >= 0.3 is 15.6 Å². The largest absolute Gasteiger partial charge is 0.534 e. The van der Waals surface area contributed by atoms with Gasteiger partial charge < -0.3 is 13.7 Å². The van der Waals surface area contributed by atoms with Crippen LogP contribution in [0.2, 0.25) is 0 Å². The van der Waals surface area contributed by atoms with Crippen molar-refractivity contribution in [3.05, 3.63) is 24.0 Å². The highest BCUT2D eigenvalue weighted by Gasteiger charge is 2.54. The van der Waals surface area contributed by atoms with Crippen molar-refractivity contribution in [2.24, 2.45) is 29.1 Å². The molecule has 5 nitrogen and oxygen atoms in total. The van der Waals surface area contributed by atoms with Gasteiger partial charge in [-0.25, -0.2) is 0 Å². The highest BCUT2D eigenvalue weighted by molar-refractivity contribution is 7.87. The van der Waals surface area contributed by atoms with Gasteiger partial charge in [-0.2, -0.15) is 21.6 Å². The Labute approximate surface area is 184 Å². The number of hydrogen-bond acceptors (Lipinski definition) is 5. The number of rotatable bonds is 9. The minimum absolute atomic E-state index is 0.0489. The molecule has 9 heteroatoms. The Bertz CT molecular complexity index is 787. The van der Waals surface area contributed by atoms with Crippen molar-refractivity contribution in [3.8, 4) is 0 Å². The van der Waals surface area contributed by atoms with Crippen molar-refractivity contribution in [1.29, 1.82) is 0 Å². The van der Waals surface area contributed by atoms with E-state index >= 15 is 0 Å². The Morgan fingerprint density at radius 3 is 2.45 bits per heavy atom. The molecule has 0 spiro atoms. The van der Waals surface area contributed by atoms with Crippen LogP contribution in [0.15, 0.2) is 24.0 Å². The first-order valence-electron chi connectivity index (χ1n) is 10.7. The van der Waals surface area contributed by atoms with Crippen LogP contribution in [-0.2, 0) is 23.8 Å². The average Bonchev–Trinajstić information content (AvgIpc) is 3.01. The molecule has 0 heterocycles. The van der Waals surface area contributed by atoms with Crippen molar-refractivity contribution < 1.29 is 35.2 Å². The fourth-order valence-corrected chi connectivity index (χ4v) is 5.47. The summed E-state index contributed by atoms with van der Waals surface area (Å²) in [5.41, 5.74) is -6.15. The molecule has 0 aliphatic heterocycles. The quantitative estimate of drug-likeness (QED) is 0.185. The van der Waals surface area contributed by atoms with Gasteiger partial charge in [-0.05, 0) is 62.9 Å². The van der Waals surface area contributed by atoms with Crippen LogP contribution in [0.3, 0.4) is 0 Å². The minimum Gasteiger partial charge on any atom is -0.381 e. The summed E-state index contributed by atoms with van der Waals surface area (Å²) < 4.78 is 76.9. The zero-order valence-electron chi connectivity index (χ0n) is 19.2. The monoisotopic (exact) mass is 468 g/mol. The first-order valence-corrected chi connectivity index (χ1v) is 12.1. The molecule has 0 aromatic carbocycles. The van der Waals surface area contributed by atoms with Crippen molar-refractivity contribution in [2.45, 2.75) is 71.4 Å². The van der Waals surface area contributed by atoms with Crippen LogP contribution in [0.4, 0.5) is 13.2 Å². The Kier molecular flexibility index (Phi) is 7.97. The van der Waals surface area contributed by atoms with Crippen LogP contribution in [0.5, 0.6) is 0 Å². The first-order chi connectivity index (χ1) is 14.2. The van der Waals surface area contributed by atoms with E-state index in [1.165, 1.54) is 6.08 Å². The lowest BCUT2D eigenvalue weighted by atomic mass is 9.64. The van der Waals surface area contributed by atoms with Crippen molar-refractivity contribution in [1.82, 2.24) is 0 Å². The van der Waals surface area contributed by atoms with Crippen molar-refractivity contribution in [2.75, 3.05) is 13.9 Å². The highest BCUT2D eigenvalue weighted by atomic mass is 32.2. The number of ether oxygens (including phenoxy) is 2. The fraction of sp³-hybridized carbons (Fsp3) is 0.818. The van der Waals surface area contributed by atoms with E-state index in [0.29, 0.717) is 12.8 Å². The molecule has 2 rings (SSSR count). The summed E-state index contributed by atoms with van der Waals surface area (Å²) in [6, 6.07) is 0. The molecular formula is C22H35F3O5S. The SMILES string of the molecule is COCOC(C)(C)[C@@H](C)/C=C/[C@@H](C)[C@H]1CC[C@H]2C(OS(=O)(=O)C(F)(F)F)=CCC[C@]12C. The van der Waals surface area contributed by atoms with E-state index in [4.69, 9.17) is 9.47 Å². The van der Waals surface area contributed by atoms with Crippen LogP contribution in [0, 0.1) is 29.1 Å². The maximum absolute atomic E-state index is 12.8. The van der Waals surface area contributed by atoms with Gasteiger partial charge in [0.2, 0.25) is 0 Å². The van der Waals surface area contributed by atoms with E-state index in [1.807, 2.05) is 20.8 Å². The number of alkyl halides is 3. The Morgan fingerprint density at radius 1 is 1.23 bits per heavy atom. The molecular weight excluding hydrogens is 433 g/mol. The molecule has 0 aromatic rings. The molecule has 0 aromatic heterocycles. The lowest BCUT2D eigenvalue weighted by molar-refractivity contribution is -0.128. The third-order valence-corrected chi connectivity index (χ3v) is 8.23. The van der Waals surface area contributed by atoms with E-state index in [1.54, 1.807) is 7.11 Å². The van der Waals surface area contributed by atoms with E-state index in [2.05, 4.69) is 30.2 Å². The van der Waals surface area contributed by atoms with Gasteiger partial charge in [-0.3, -0.25) is 0 Å². The second-order valence-corrected chi connectivity index (χ2v) is 11.1. The fourth-order valence-electron chi connectivity index (χ4n) is 4.94. The summed E-state index contributed by atoms with van der Waals surface area (Å²) in [5, 5.41) is 0. The lowest BCUT2D eigenvalue weighted by Gasteiger charge is -2.42. The normalized spacial score (nSPS) is 29.5. The Hall–Kier alpha value is -1.06. The Balaban J connectivity index is 2.13. The predicted molar refractivity (Wildman–Crippen MR) is 112 cm³/mol. The standard InChI is InChI=1S/C22H35F3O5S/c1-15(9-10-16(2)20(3,4)29-14-28-6)17-11-12-18-19(8-7-13-21(17,18)5)30-31(26,27)22(23,24)25/h8-10,15-18H,7,11-14H2,1-6H3/b10-9+/t15-,16+,17-,18+,21-/m1/s1.